The van der Waals surface area contributed by atoms with E-state index in [9.17, 15) is 13.2 Å². The van der Waals surface area contributed by atoms with Crippen LogP contribution in [-0.4, -0.2) is 20.3 Å². The first-order valence-corrected chi connectivity index (χ1v) is 10.4. The van der Waals surface area contributed by atoms with Crippen molar-refractivity contribution in [3.05, 3.63) is 71.4 Å². The number of hydrogen-bond donors (Lipinski definition) is 0. The van der Waals surface area contributed by atoms with Crippen LogP contribution in [-0.2, 0) is 12.8 Å². The summed E-state index contributed by atoms with van der Waals surface area (Å²) in [5.74, 6) is 1.27. The molecule has 2 heterocycles. The molecule has 0 N–H and O–H groups in total. The highest BCUT2D eigenvalue weighted by molar-refractivity contribution is 7.99. The third-order valence-corrected chi connectivity index (χ3v) is 5.27. The summed E-state index contributed by atoms with van der Waals surface area (Å²) < 4.78 is 55.2. The van der Waals surface area contributed by atoms with Crippen molar-refractivity contribution in [3.8, 4) is 17.1 Å². The number of thioether (sulfide) groups is 1. The van der Waals surface area contributed by atoms with Gasteiger partial charge in [0.15, 0.2) is 6.61 Å². The van der Waals surface area contributed by atoms with Crippen LogP contribution in [0.15, 0.2) is 62.7 Å². The maximum atomic E-state index is 12.9. The highest BCUT2D eigenvalue weighted by Gasteiger charge is 2.31. The Morgan fingerprint density at radius 2 is 1.88 bits per heavy atom. The molecule has 0 amide bonds. The summed E-state index contributed by atoms with van der Waals surface area (Å²) in [5, 5.41) is 11.6. The van der Waals surface area contributed by atoms with Gasteiger partial charge in [-0.25, -0.2) is 0 Å². The fourth-order valence-electron chi connectivity index (χ4n) is 2.68. The lowest BCUT2D eigenvalue weighted by Gasteiger charge is -2.06. The van der Waals surface area contributed by atoms with Crippen molar-refractivity contribution in [2.45, 2.75) is 37.1 Å². The molecule has 0 spiro atoms. The van der Waals surface area contributed by atoms with Gasteiger partial charge in [-0.05, 0) is 38.1 Å². The Hall–Kier alpha value is -3.34. The van der Waals surface area contributed by atoms with E-state index in [2.05, 4.69) is 20.3 Å². The minimum Gasteiger partial charge on any atom is -0.484 e. The third kappa shape index (κ3) is 5.28. The summed E-state index contributed by atoms with van der Waals surface area (Å²) in [5.41, 5.74) is 0.551. The first-order valence-electron chi connectivity index (χ1n) is 9.47. The number of aryl methyl sites for hydroxylation is 1. The quantitative estimate of drug-likeness (QED) is 0.315. The van der Waals surface area contributed by atoms with Gasteiger partial charge in [-0.1, -0.05) is 46.7 Å². The lowest BCUT2D eigenvalue weighted by Crippen LogP contribution is -2.04. The Bertz CT molecular complexity index is 1190. The number of alkyl halides is 3. The van der Waals surface area contributed by atoms with Gasteiger partial charge in [-0.2, -0.15) is 18.2 Å². The van der Waals surface area contributed by atoms with Crippen molar-refractivity contribution in [2.24, 2.45) is 0 Å². The molecule has 4 rings (SSSR count). The lowest BCUT2D eigenvalue weighted by atomic mass is 10.1. The van der Waals surface area contributed by atoms with Gasteiger partial charge in [-0.15, -0.1) is 10.2 Å². The highest BCUT2D eigenvalue weighted by Crippen LogP contribution is 2.35. The largest absolute Gasteiger partial charge is 0.484 e. The number of ether oxygens (including phenoxy) is 1. The van der Waals surface area contributed by atoms with E-state index in [4.69, 9.17) is 13.7 Å². The predicted molar refractivity (Wildman–Crippen MR) is 109 cm³/mol. The van der Waals surface area contributed by atoms with Crippen molar-refractivity contribution in [2.75, 3.05) is 0 Å². The molecule has 0 bridgehead atoms. The van der Waals surface area contributed by atoms with Gasteiger partial charge in [0, 0.05) is 5.56 Å². The van der Waals surface area contributed by atoms with Crippen molar-refractivity contribution < 1.29 is 26.8 Å². The van der Waals surface area contributed by atoms with Crippen LogP contribution >= 0.6 is 11.8 Å². The van der Waals surface area contributed by atoms with Crippen molar-refractivity contribution >= 4 is 11.8 Å². The van der Waals surface area contributed by atoms with Crippen molar-refractivity contribution in [1.29, 1.82) is 0 Å². The molecule has 2 aromatic carbocycles. The zero-order valence-electron chi connectivity index (χ0n) is 17.0. The Morgan fingerprint density at radius 1 is 1.09 bits per heavy atom. The summed E-state index contributed by atoms with van der Waals surface area (Å²) in [6, 6.07) is 12.3. The van der Waals surface area contributed by atoms with E-state index in [0.717, 1.165) is 17.7 Å². The van der Waals surface area contributed by atoms with E-state index in [-0.39, 0.29) is 34.4 Å². The standard InChI is InChI=1S/C21H17F3N4O3S/c1-12-6-8-16(9-7-12)29-11-17-26-27-20(30-17)32-13(2)19-25-18(28-31-19)14-4-3-5-15(10-14)21(22,23)24/h3-10,13H,11H2,1-2H3. The maximum absolute atomic E-state index is 12.9. The summed E-state index contributed by atoms with van der Waals surface area (Å²) in [6.45, 7) is 3.88. The van der Waals surface area contributed by atoms with Crippen LogP contribution in [0.2, 0.25) is 0 Å². The molecule has 1 atom stereocenters. The SMILES string of the molecule is Cc1ccc(OCc2nnc(SC(C)c3nc(-c4cccc(C(F)(F)F)c4)no3)o2)cc1. The predicted octanol–water partition coefficient (Wildman–Crippen LogP) is 5.88. The maximum Gasteiger partial charge on any atom is 0.416 e. The molecule has 11 heteroatoms. The molecular weight excluding hydrogens is 445 g/mol. The van der Waals surface area contributed by atoms with Gasteiger partial charge in [0.25, 0.3) is 11.1 Å². The smallest absolute Gasteiger partial charge is 0.416 e. The molecule has 0 aliphatic heterocycles. The highest BCUT2D eigenvalue weighted by atomic mass is 32.2. The Labute approximate surface area is 185 Å². The molecular formula is C21H17F3N4O3S. The Kier molecular flexibility index (Phi) is 6.17. The molecule has 166 valence electrons. The number of benzene rings is 2. The van der Waals surface area contributed by atoms with E-state index in [1.54, 1.807) is 6.92 Å². The number of aromatic nitrogens is 4. The molecule has 0 saturated heterocycles. The van der Waals surface area contributed by atoms with Crippen LogP contribution in [0.25, 0.3) is 11.4 Å². The number of rotatable bonds is 7. The zero-order chi connectivity index (χ0) is 22.7. The summed E-state index contributed by atoms with van der Waals surface area (Å²) >= 11 is 1.18. The molecule has 0 radical (unpaired) electrons. The Morgan fingerprint density at radius 3 is 2.62 bits per heavy atom. The van der Waals surface area contributed by atoms with E-state index in [1.165, 1.54) is 23.9 Å². The second kappa shape index (κ2) is 9.03. The van der Waals surface area contributed by atoms with Gasteiger partial charge < -0.3 is 13.7 Å². The molecule has 7 nitrogen and oxygen atoms in total. The van der Waals surface area contributed by atoms with Gasteiger partial charge in [-0.3, -0.25) is 0 Å². The molecule has 0 aliphatic rings. The van der Waals surface area contributed by atoms with Crippen LogP contribution in [0, 0.1) is 6.92 Å². The van der Waals surface area contributed by atoms with Crippen LogP contribution in [0.3, 0.4) is 0 Å². The second-order valence-corrected chi connectivity index (χ2v) is 8.15. The van der Waals surface area contributed by atoms with Gasteiger partial charge in [0.2, 0.25) is 11.7 Å². The first-order chi connectivity index (χ1) is 15.3. The van der Waals surface area contributed by atoms with E-state index in [1.807, 2.05) is 31.2 Å². The number of hydrogen-bond acceptors (Lipinski definition) is 8. The van der Waals surface area contributed by atoms with Gasteiger partial charge in [0.05, 0.1) is 10.8 Å². The fraction of sp³-hybridized carbons (Fsp3) is 0.238. The zero-order valence-corrected chi connectivity index (χ0v) is 17.8. The van der Waals surface area contributed by atoms with E-state index in [0.29, 0.717) is 11.6 Å². The summed E-state index contributed by atoms with van der Waals surface area (Å²) in [6.07, 6.45) is -4.45. The number of halogens is 3. The van der Waals surface area contributed by atoms with Crippen LogP contribution in [0.1, 0.15) is 35.1 Å². The lowest BCUT2D eigenvalue weighted by molar-refractivity contribution is -0.137. The normalized spacial score (nSPS) is 12.7. The monoisotopic (exact) mass is 462 g/mol. The minimum absolute atomic E-state index is 0.0660. The van der Waals surface area contributed by atoms with Crippen molar-refractivity contribution in [1.82, 2.24) is 20.3 Å². The fourth-order valence-corrected chi connectivity index (χ4v) is 3.41. The summed E-state index contributed by atoms with van der Waals surface area (Å²) in [7, 11) is 0. The summed E-state index contributed by atoms with van der Waals surface area (Å²) in [4.78, 5) is 4.21. The molecule has 2 aromatic heterocycles. The van der Waals surface area contributed by atoms with Crippen LogP contribution < -0.4 is 4.74 Å². The molecule has 0 aliphatic carbocycles. The van der Waals surface area contributed by atoms with Gasteiger partial charge >= 0.3 is 6.18 Å². The van der Waals surface area contributed by atoms with E-state index >= 15 is 0 Å². The molecule has 1 unspecified atom stereocenters. The average molecular weight is 462 g/mol. The number of nitrogens with zero attached hydrogens (tertiary/aromatic N) is 4. The molecule has 4 aromatic rings. The molecule has 0 fully saturated rings. The Balaban J connectivity index is 1.38. The minimum atomic E-state index is -4.45. The van der Waals surface area contributed by atoms with E-state index < -0.39 is 11.7 Å². The third-order valence-electron chi connectivity index (χ3n) is 4.35. The molecule has 0 saturated carbocycles. The van der Waals surface area contributed by atoms with Crippen molar-refractivity contribution in [3.63, 3.8) is 0 Å². The van der Waals surface area contributed by atoms with Crippen LogP contribution in [0.5, 0.6) is 5.75 Å². The second-order valence-electron chi connectivity index (χ2n) is 6.86. The topological polar surface area (TPSA) is 87.1 Å². The van der Waals surface area contributed by atoms with Crippen LogP contribution in [0.4, 0.5) is 13.2 Å². The average Bonchev–Trinajstić information content (AvgIpc) is 3.43. The molecule has 32 heavy (non-hydrogen) atoms. The van der Waals surface area contributed by atoms with Gasteiger partial charge in [0.1, 0.15) is 5.75 Å². The first kappa shape index (κ1) is 21.9.